The third-order valence-corrected chi connectivity index (χ3v) is 2.96. The van der Waals surface area contributed by atoms with E-state index in [1.165, 1.54) is 12.1 Å². The fourth-order valence-corrected chi connectivity index (χ4v) is 2.02. The van der Waals surface area contributed by atoms with Gasteiger partial charge in [-0.1, -0.05) is 18.2 Å². The molecule has 2 N–H and O–H groups in total. The van der Waals surface area contributed by atoms with Crippen LogP contribution in [0.4, 0.5) is 8.78 Å². The van der Waals surface area contributed by atoms with Crippen LogP contribution in [0.5, 0.6) is 0 Å². The molecule has 2 aromatic carbocycles. The summed E-state index contributed by atoms with van der Waals surface area (Å²) in [7, 11) is 0. The Bertz CT molecular complexity index is 827. The predicted molar refractivity (Wildman–Crippen MR) is 68.4 cm³/mol. The Morgan fingerprint density at radius 1 is 1.15 bits per heavy atom. The van der Waals surface area contributed by atoms with Gasteiger partial charge in [0.05, 0.1) is 11.1 Å². The molecule has 3 aromatic rings. The summed E-state index contributed by atoms with van der Waals surface area (Å²) in [5.74, 6) is -2.99. The molecule has 0 aliphatic carbocycles. The molecule has 0 saturated heterocycles. The summed E-state index contributed by atoms with van der Waals surface area (Å²) >= 11 is 0. The number of halogens is 2. The molecule has 0 atom stereocenters. The van der Waals surface area contributed by atoms with Crippen LogP contribution in [0, 0.1) is 11.6 Å². The second kappa shape index (κ2) is 4.41. The van der Waals surface area contributed by atoms with Gasteiger partial charge in [0, 0.05) is 5.56 Å². The van der Waals surface area contributed by atoms with Crippen molar-refractivity contribution in [2.75, 3.05) is 0 Å². The van der Waals surface area contributed by atoms with Crippen LogP contribution in [0.2, 0.25) is 0 Å². The highest BCUT2D eigenvalue weighted by Gasteiger charge is 2.16. The number of carboxylic acid groups (broad SMARTS) is 1. The minimum atomic E-state index is -1.12. The van der Waals surface area contributed by atoms with Crippen LogP contribution >= 0.6 is 0 Å². The van der Waals surface area contributed by atoms with Crippen LogP contribution in [0.1, 0.15) is 10.4 Å². The zero-order valence-electron chi connectivity index (χ0n) is 10.0. The number of aromatic nitrogens is 2. The number of imidazole rings is 1. The summed E-state index contributed by atoms with van der Waals surface area (Å²) in [6.07, 6.45) is 0. The number of aromatic carboxylic acids is 1. The van der Waals surface area contributed by atoms with Gasteiger partial charge >= 0.3 is 5.97 Å². The van der Waals surface area contributed by atoms with E-state index in [9.17, 15) is 13.6 Å². The van der Waals surface area contributed by atoms with Crippen LogP contribution < -0.4 is 0 Å². The molecule has 0 radical (unpaired) electrons. The number of H-pyrrole nitrogens is 1. The zero-order valence-corrected chi connectivity index (χ0v) is 10.0. The van der Waals surface area contributed by atoms with Crippen LogP contribution in [-0.4, -0.2) is 21.0 Å². The number of carboxylic acids is 1. The predicted octanol–water partition coefficient (Wildman–Crippen LogP) is 3.21. The first kappa shape index (κ1) is 12.3. The first-order valence-electron chi connectivity index (χ1n) is 5.74. The highest BCUT2D eigenvalue weighted by atomic mass is 19.2. The maximum atomic E-state index is 13.6. The molecule has 0 bridgehead atoms. The van der Waals surface area contributed by atoms with E-state index >= 15 is 0 Å². The number of nitrogens with one attached hydrogen (secondary N) is 1. The molecule has 0 spiro atoms. The molecular weight excluding hydrogens is 266 g/mol. The molecule has 20 heavy (non-hydrogen) atoms. The zero-order chi connectivity index (χ0) is 14.3. The lowest BCUT2D eigenvalue weighted by molar-refractivity contribution is 0.0697. The van der Waals surface area contributed by atoms with Crippen molar-refractivity contribution in [3.63, 3.8) is 0 Å². The van der Waals surface area contributed by atoms with Crippen molar-refractivity contribution in [3.8, 4) is 11.4 Å². The maximum absolute atomic E-state index is 13.6. The molecule has 0 aliphatic heterocycles. The molecule has 0 fully saturated rings. The normalized spacial score (nSPS) is 10.9. The lowest BCUT2D eigenvalue weighted by atomic mass is 10.1. The van der Waals surface area contributed by atoms with Crippen molar-refractivity contribution in [3.05, 3.63) is 53.6 Å². The van der Waals surface area contributed by atoms with E-state index in [2.05, 4.69) is 9.97 Å². The van der Waals surface area contributed by atoms with Gasteiger partial charge in [-0.05, 0) is 18.2 Å². The fourth-order valence-electron chi connectivity index (χ4n) is 2.02. The molecule has 6 heteroatoms. The number of hydrogen-bond donors (Lipinski definition) is 2. The van der Waals surface area contributed by atoms with Gasteiger partial charge in [0.15, 0.2) is 11.6 Å². The number of benzene rings is 2. The summed E-state index contributed by atoms with van der Waals surface area (Å²) in [5, 5.41) is 9.12. The minimum Gasteiger partial charge on any atom is -0.478 e. The average molecular weight is 274 g/mol. The molecule has 3 rings (SSSR count). The summed E-state index contributed by atoms with van der Waals surface area (Å²) in [6.45, 7) is 0. The Morgan fingerprint density at radius 2 is 1.90 bits per heavy atom. The van der Waals surface area contributed by atoms with Crippen molar-refractivity contribution in [1.29, 1.82) is 0 Å². The minimum absolute atomic E-state index is 0.0347. The monoisotopic (exact) mass is 274 g/mol. The number of aromatic amines is 1. The van der Waals surface area contributed by atoms with Gasteiger partial charge in [-0.2, -0.15) is 0 Å². The average Bonchev–Trinajstić information content (AvgIpc) is 2.88. The van der Waals surface area contributed by atoms with Gasteiger partial charge in [0.1, 0.15) is 11.3 Å². The standard InChI is InChI=1S/C14H8F2N2O2/c15-9-5-6-10-12(11(9)16)18-13(17-10)7-3-1-2-4-8(7)14(19)20/h1-6H,(H,17,18)(H,19,20). The molecule has 4 nitrogen and oxygen atoms in total. The number of rotatable bonds is 2. The van der Waals surface area contributed by atoms with Crippen molar-refractivity contribution >= 4 is 17.0 Å². The molecular formula is C14H8F2N2O2. The molecule has 1 aromatic heterocycles. The molecule has 0 saturated carbocycles. The fraction of sp³-hybridized carbons (Fsp3) is 0. The Hall–Kier alpha value is -2.76. The summed E-state index contributed by atoms with van der Waals surface area (Å²) < 4.78 is 26.8. The highest BCUT2D eigenvalue weighted by Crippen LogP contribution is 2.26. The van der Waals surface area contributed by atoms with Crippen LogP contribution in [0.3, 0.4) is 0 Å². The van der Waals surface area contributed by atoms with Crippen molar-refractivity contribution < 1.29 is 18.7 Å². The van der Waals surface area contributed by atoms with E-state index in [0.29, 0.717) is 11.1 Å². The first-order valence-corrected chi connectivity index (χ1v) is 5.74. The molecule has 1 heterocycles. The van der Waals surface area contributed by atoms with E-state index in [1.54, 1.807) is 18.2 Å². The second-order valence-corrected chi connectivity index (χ2v) is 4.19. The Kier molecular flexibility index (Phi) is 2.71. The lowest BCUT2D eigenvalue weighted by Crippen LogP contribution is -1.99. The van der Waals surface area contributed by atoms with Crippen LogP contribution in [0.25, 0.3) is 22.4 Å². The first-order chi connectivity index (χ1) is 9.58. The van der Waals surface area contributed by atoms with E-state index in [-0.39, 0.29) is 16.9 Å². The van der Waals surface area contributed by atoms with Crippen molar-refractivity contribution in [2.24, 2.45) is 0 Å². The molecule has 0 aliphatic rings. The van der Waals surface area contributed by atoms with E-state index in [0.717, 1.165) is 6.07 Å². The Balaban J connectivity index is 2.26. The highest BCUT2D eigenvalue weighted by molar-refractivity contribution is 5.96. The smallest absolute Gasteiger partial charge is 0.336 e. The van der Waals surface area contributed by atoms with Crippen molar-refractivity contribution in [2.45, 2.75) is 0 Å². The maximum Gasteiger partial charge on any atom is 0.336 e. The third-order valence-electron chi connectivity index (χ3n) is 2.96. The summed E-state index contributed by atoms with van der Waals surface area (Å²) in [4.78, 5) is 17.9. The number of fused-ring (bicyclic) bond motifs is 1. The van der Waals surface area contributed by atoms with E-state index in [1.807, 2.05) is 0 Å². The van der Waals surface area contributed by atoms with Crippen LogP contribution in [0.15, 0.2) is 36.4 Å². The van der Waals surface area contributed by atoms with Crippen molar-refractivity contribution in [1.82, 2.24) is 9.97 Å². The summed E-state index contributed by atoms with van der Waals surface area (Å²) in [6, 6.07) is 8.54. The van der Waals surface area contributed by atoms with Gasteiger partial charge < -0.3 is 10.1 Å². The molecule has 100 valence electrons. The van der Waals surface area contributed by atoms with Gasteiger partial charge in [-0.25, -0.2) is 18.6 Å². The Labute approximate surface area is 111 Å². The second-order valence-electron chi connectivity index (χ2n) is 4.19. The van der Waals surface area contributed by atoms with E-state index in [4.69, 9.17) is 5.11 Å². The topological polar surface area (TPSA) is 66.0 Å². The largest absolute Gasteiger partial charge is 0.478 e. The third kappa shape index (κ3) is 1.82. The number of nitrogens with zero attached hydrogens (tertiary/aromatic N) is 1. The van der Waals surface area contributed by atoms with Gasteiger partial charge in [-0.15, -0.1) is 0 Å². The molecule has 0 unspecified atom stereocenters. The lowest BCUT2D eigenvalue weighted by Gasteiger charge is -2.01. The van der Waals surface area contributed by atoms with E-state index < -0.39 is 17.6 Å². The molecule has 0 amide bonds. The number of carbonyl (C=O) groups is 1. The van der Waals surface area contributed by atoms with Gasteiger partial charge in [0.25, 0.3) is 0 Å². The number of hydrogen-bond acceptors (Lipinski definition) is 2. The van der Waals surface area contributed by atoms with Gasteiger partial charge in [-0.3, -0.25) is 0 Å². The Morgan fingerprint density at radius 3 is 2.65 bits per heavy atom. The summed E-state index contributed by atoms with van der Waals surface area (Å²) in [5.41, 5.74) is 0.503. The SMILES string of the molecule is O=C(O)c1ccccc1-c1nc2c(F)c(F)ccc2[nH]1. The van der Waals surface area contributed by atoms with Gasteiger partial charge in [0.2, 0.25) is 0 Å². The van der Waals surface area contributed by atoms with Crippen LogP contribution in [-0.2, 0) is 0 Å². The quantitative estimate of drug-likeness (QED) is 0.754.